The van der Waals surface area contributed by atoms with E-state index in [2.05, 4.69) is 9.97 Å². The van der Waals surface area contributed by atoms with Crippen LogP contribution in [0.5, 0.6) is 5.75 Å². The van der Waals surface area contributed by atoms with Gasteiger partial charge < -0.3 is 19.6 Å². The third-order valence-electron chi connectivity index (χ3n) is 5.68. The first-order valence-corrected chi connectivity index (χ1v) is 10.4. The molecule has 1 fully saturated rings. The van der Waals surface area contributed by atoms with E-state index in [0.717, 1.165) is 12.1 Å². The Morgan fingerprint density at radius 2 is 1.73 bits per heavy atom. The van der Waals surface area contributed by atoms with Gasteiger partial charge in [0.25, 0.3) is 0 Å². The molecule has 0 saturated carbocycles. The Hall–Kier alpha value is -3.53. The van der Waals surface area contributed by atoms with Gasteiger partial charge in [-0.15, -0.1) is 0 Å². The second-order valence-corrected chi connectivity index (χ2v) is 7.80. The van der Waals surface area contributed by atoms with Gasteiger partial charge in [-0.25, -0.2) is 4.79 Å². The number of alkyl halides is 3. The van der Waals surface area contributed by atoms with Crippen LogP contribution in [0.15, 0.2) is 53.3 Å². The summed E-state index contributed by atoms with van der Waals surface area (Å²) in [6, 6.07) is 11.9. The van der Waals surface area contributed by atoms with Crippen LogP contribution in [0, 0.1) is 0 Å². The average molecular weight is 460 g/mol. The number of anilines is 1. The van der Waals surface area contributed by atoms with Gasteiger partial charge in [-0.05, 0) is 42.5 Å². The van der Waals surface area contributed by atoms with Crippen molar-refractivity contribution in [1.82, 2.24) is 14.9 Å². The predicted molar refractivity (Wildman–Crippen MR) is 117 cm³/mol. The van der Waals surface area contributed by atoms with Gasteiger partial charge in [0.05, 0.1) is 18.4 Å². The number of aromatic amines is 2. The summed E-state index contributed by atoms with van der Waals surface area (Å²) in [6.45, 7) is 2.53. The molecule has 4 rings (SSSR count). The SMILES string of the molecule is COc1ccc(C(=O)c2[nH]c(=O)[nH]c2CN2CCN(c3cccc(C(F)(F)F)c3)CC2)cc1. The Kier molecular flexibility index (Phi) is 6.28. The normalized spacial score (nSPS) is 15.0. The summed E-state index contributed by atoms with van der Waals surface area (Å²) >= 11 is 0. The van der Waals surface area contributed by atoms with E-state index in [1.54, 1.807) is 30.3 Å². The highest BCUT2D eigenvalue weighted by Crippen LogP contribution is 2.32. The van der Waals surface area contributed by atoms with Gasteiger partial charge in [-0.3, -0.25) is 9.69 Å². The monoisotopic (exact) mass is 460 g/mol. The lowest BCUT2D eigenvalue weighted by Crippen LogP contribution is -2.46. The van der Waals surface area contributed by atoms with Crippen molar-refractivity contribution in [2.75, 3.05) is 38.2 Å². The zero-order chi connectivity index (χ0) is 23.6. The smallest absolute Gasteiger partial charge is 0.416 e. The van der Waals surface area contributed by atoms with Crippen molar-refractivity contribution in [3.05, 3.63) is 81.5 Å². The fourth-order valence-corrected chi connectivity index (χ4v) is 3.89. The molecule has 0 radical (unpaired) electrons. The van der Waals surface area contributed by atoms with E-state index in [-0.39, 0.29) is 11.5 Å². The van der Waals surface area contributed by atoms with Crippen LogP contribution in [-0.4, -0.2) is 53.9 Å². The molecule has 3 aromatic rings. The molecular weight excluding hydrogens is 437 g/mol. The van der Waals surface area contributed by atoms with Gasteiger partial charge in [0.1, 0.15) is 11.4 Å². The predicted octanol–water partition coefficient (Wildman–Crippen LogP) is 3.28. The Morgan fingerprint density at radius 1 is 1.03 bits per heavy atom. The second kappa shape index (κ2) is 9.14. The van der Waals surface area contributed by atoms with Crippen LogP contribution in [0.4, 0.5) is 18.9 Å². The van der Waals surface area contributed by atoms with Gasteiger partial charge in [0, 0.05) is 44.0 Å². The molecule has 33 heavy (non-hydrogen) atoms. The molecule has 2 N–H and O–H groups in total. The zero-order valence-corrected chi connectivity index (χ0v) is 17.9. The van der Waals surface area contributed by atoms with E-state index in [9.17, 15) is 22.8 Å². The van der Waals surface area contributed by atoms with Crippen molar-refractivity contribution < 1.29 is 22.7 Å². The Labute approximate surface area is 187 Å². The maximum atomic E-state index is 13.0. The van der Waals surface area contributed by atoms with Gasteiger partial charge >= 0.3 is 11.9 Å². The van der Waals surface area contributed by atoms with Gasteiger partial charge in [0.2, 0.25) is 5.78 Å². The van der Waals surface area contributed by atoms with E-state index >= 15 is 0 Å². The highest BCUT2D eigenvalue weighted by molar-refractivity contribution is 6.08. The summed E-state index contributed by atoms with van der Waals surface area (Å²) in [4.78, 5) is 34.1. The standard InChI is InChI=1S/C23H23F3N4O3/c1-33-18-7-5-15(6-8-18)21(31)20-19(27-22(32)28-20)14-29-9-11-30(12-10-29)17-4-2-3-16(13-17)23(24,25)26/h2-8,13H,9-12,14H2,1H3,(H2,27,28,32). The van der Waals surface area contributed by atoms with Crippen LogP contribution in [-0.2, 0) is 12.7 Å². The van der Waals surface area contributed by atoms with Crippen molar-refractivity contribution in [3.8, 4) is 5.75 Å². The summed E-state index contributed by atoms with van der Waals surface area (Å²) in [5.41, 5.74) is 0.480. The summed E-state index contributed by atoms with van der Waals surface area (Å²) in [5.74, 6) is 0.307. The Bertz CT molecular complexity index is 1180. The largest absolute Gasteiger partial charge is 0.497 e. The minimum atomic E-state index is -4.38. The van der Waals surface area contributed by atoms with E-state index < -0.39 is 17.4 Å². The molecule has 1 saturated heterocycles. The Balaban J connectivity index is 1.43. The number of halogens is 3. The second-order valence-electron chi connectivity index (χ2n) is 7.80. The topological polar surface area (TPSA) is 81.4 Å². The summed E-state index contributed by atoms with van der Waals surface area (Å²) in [6.07, 6.45) is -4.38. The Morgan fingerprint density at radius 3 is 2.36 bits per heavy atom. The maximum absolute atomic E-state index is 13.0. The fourth-order valence-electron chi connectivity index (χ4n) is 3.89. The number of benzene rings is 2. The first kappa shape index (κ1) is 22.7. The van der Waals surface area contributed by atoms with Gasteiger partial charge in [-0.1, -0.05) is 6.07 Å². The molecule has 0 amide bonds. The number of imidazole rings is 1. The number of ether oxygens (including phenoxy) is 1. The number of methoxy groups -OCH3 is 1. The molecule has 10 heteroatoms. The van der Waals surface area contributed by atoms with Crippen LogP contribution >= 0.6 is 0 Å². The van der Waals surface area contributed by atoms with Crippen molar-refractivity contribution in [1.29, 1.82) is 0 Å². The first-order valence-electron chi connectivity index (χ1n) is 10.4. The van der Waals surface area contributed by atoms with Crippen LogP contribution in [0.1, 0.15) is 27.3 Å². The van der Waals surface area contributed by atoms with E-state index in [4.69, 9.17) is 4.74 Å². The zero-order valence-electron chi connectivity index (χ0n) is 17.9. The minimum Gasteiger partial charge on any atom is -0.497 e. The number of carbonyl (C=O) groups excluding carboxylic acids is 1. The quantitative estimate of drug-likeness (QED) is 0.552. The third kappa shape index (κ3) is 5.11. The molecule has 0 atom stereocenters. The molecule has 2 heterocycles. The molecule has 1 aliphatic heterocycles. The van der Waals surface area contributed by atoms with E-state index in [1.165, 1.54) is 13.2 Å². The first-order chi connectivity index (χ1) is 15.7. The molecule has 174 valence electrons. The number of carbonyl (C=O) groups is 1. The lowest BCUT2D eigenvalue weighted by molar-refractivity contribution is -0.137. The van der Waals surface area contributed by atoms with E-state index in [1.807, 2.05) is 9.80 Å². The number of H-pyrrole nitrogens is 2. The molecular formula is C23H23F3N4O3. The van der Waals surface area contributed by atoms with Crippen LogP contribution < -0.4 is 15.3 Å². The van der Waals surface area contributed by atoms with Crippen LogP contribution in [0.3, 0.4) is 0 Å². The van der Waals surface area contributed by atoms with Crippen LogP contribution in [0.2, 0.25) is 0 Å². The minimum absolute atomic E-state index is 0.200. The fraction of sp³-hybridized carbons (Fsp3) is 0.304. The summed E-state index contributed by atoms with van der Waals surface area (Å²) in [7, 11) is 1.53. The van der Waals surface area contributed by atoms with E-state index in [0.29, 0.717) is 55.4 Å². The molecule has 1 aliphatic rings. The van der Waals surface area contributed by atoms with Crippen LogP contribution in [0.25, 0.3) is 0 Å². The van der Waals surface area contributed by atoms with Crippen molar-refractivity contribution in [2.24, 2.45) is 0 Å². The lowest BCUT2D eigenvalue weighted by Gasteiger charge is -2.36. The number of hydrogen-bond donors (Lipinski definition) is 2. The maximum Gasteiger partial charge on any atom is 0.416 e. The molecule has 2 aromatic carbocycles. The van der Waals surface area contributed by atoms with Crippen molar-refractivity contribution in [3.63, 3.8) is 0 Å². The van der Waals surface area contributed by atoms with Gasteiger partial charge in [-0.2, -0.15) is 13.2 Å². The summed E-state index contributed by atoms with van der Waals surface area (Å²) in [5, 5.41) is 0. The summed E-state index contributed by atoms with van der Waals surface area (Å²) < 4.78 is 44.1. The number of hydrogen-bond acceptors (Lipinski definition) is 5. The molecule has 0 bridgehead atoms. The van der Waals surface area contributed by atoms with Gasteiger partial charge in [0.15, 0.2) is 0 Å². The lowest BCUT2D eigenvalue weighted by atomic mass is 10.1. The molecule has 0 aliphatic carbocycles. The number of nitrogens with one attached hydrogen (secondary N) is 2. The molecule has 7 nitrogen and oxygen atoms in total. The number of ketones is 1. The number of nitrogens with zero attached hydrogens (tertiary/aromatic N) is 2. The molecule has 0 spiro atoms. The number of piperazine rings is 1. The number of rotatable bonds is 6. The third-order valence-corrected chi connectivity index (χ3v) is 5.68. The molecule has 0 unspecified atom stereocenters. The average Bonchev–Trinajstić information content (AvgIpc) is 3.18. The van der Waals surface area contributed by atoms with Crippen molar-refractivity contribution in [2.45, 2.75) is 12.7 Å². The highest BCUT2D eigenvalue weighted by Gasteiger charge is 2.31. The highest BCUT2D eigenvalue weighted by atomic mass is 19.4. The number of aromatic nitrogens is 2. The van der Waals surface area contributed by atoms with Crippen molar-refractivity contribution >= 4 is 11.5 Å². The molecule has 1 aromatic heterocycles.